The van der Waals surface area contributed by atoms with Crippen LogP contribution in [-0.2, 0) is 6.54 Å². The second-order valence-corrected chi connectivity index (χ2v) is 9.56. The molecule has 0 atom stereocenters. The number of aromatic nitrogens is 4. The Labute approximate surface area is 224 Å². The molecule has 0 saturated carbocycles. The van der Waals surface area contributed by atoms with Crippen LogP contribution in [0.25, 0.3) is 15.2 Å². The van der Waals surface area contributed by atoms with Crippen molar-refractivity contribution >= 4 is 33.2 Å². The molecule has 0 saturated heterocycles. The van der Waals surface area contributed by atoms with Crippen molar-refractivity contribution in [2.24, 2.45) is 0 Å². The van der Waals surface area contributed by atoms with Crippen molar-refractivity contribution in [3.63, 3.8) is 0 Å². The normalized spacial score (nSPS) is 11.1. The van der Waals surface area contributed by atoms with Crippen LogP contribution in [0.5, 0.6) is 5.75 Å². The molecule has 10 nitrogen and oxygen atoms in total. The van der Waals surface area contributed by atoms with Crippen LogP contribution in [0.15, 0.2) is 76.6 Å². The summed E-state index contributed by atoms with van der Waals surface area (Å²) < 4.78 is 23.0. The minimum Gasteiger partial charge on any atom is -0.496 e. The average molecular weight is 548 g/mol. The van der Waals surface area contributed by atoms with Gasteiger partial charge in [-0.2, -0.15) is 9.77 Å². The molecule has 0 spiro atoms. The van der Waals surface area contributed by atoms with Crippen LogP contribution in [-0.4, -0.2) is 44.9 Å². The van der Waals surface area contributed by atoms with E-state index >= 15 is 0 Å². The number of hydrogen-bond donors (Lipinski definition) is 0. The van der Waals surface area contributed by atoms with Crippen LogP contribution < -0.4 is 21.0 Å². The lowest BCUT2D eigenvalue weighted by Crippen LogP contribution is -2.53. The topological polar surface area (TPSA) is 108 Å². The molecule has 12 heteroatoms. The Morgan fingerprint density at radius 2 is 1.74 bits per heavy atom. The molecule has 0 N–H and O–H groups in total. The maximum Gasteiger partial charge on any atom is 0.352 e. The van der Waals surface area contributed by atoms with Gasteiger partial charge in [0.25, 0.3) is 11.5 Å². The summed E-state index contributed by atoms with van der Waals surface area (Å²) in [6, 6.07) is 13.5. The number of carbonyl (C=O) groups excluding carboxylic acids is 2. The molecule has 0 bridgehead atoms. The minimum absolute atomic E-state index is 0.131. The SMILES string of the molecule is COc1ccccc1C(=O)Cn1c(=O)n(N(C)C(=O)c2ccccc2F)c(=O)c2c(C)c(-n3cccn3)sc21. The number of amides is 1. The summed E-state index contributed by atoms with van der Waals surface area (Å²) in [5.41, 5.74) is -1.29. The van der Waals surface area contributed by atoms with Crippen LogP contribution >= 0.6 is 11.3 Å². The first-order valence-electron chi connectivity index (χ1n) is 11.7. The first-order valence-corrected chi connectivity index (χ1v) is 12.5. The van der Waals surface area contributed by atoms with Crippen molar-refractivity contribution in [1.82, 2.24) is 19.0 Å². The highest BCUT2D eigenvalue weighted by molar-refractivity contribution is 7.21. The smallest absolute Gasteiger partial charge is 0.352 e. The fraction of sp³-hybridized carbons (Fsp3) is 0.148. The highest BCUT2D eigenvalue weighted by Gasteiger charge is 2.27. The number of hydrogen-bond acceptors (Lipinski definition) is 7. The Bertz CT molecular complexity index is 1850. The van der Waals surface area contributed by atoms with Gasteiger partial charge >= 0.3 is 5.69 Å². The third kappa shape index (κ3) is 4.34. The number of para-hydroxylation sites is 1. The number of nitrogens with zero attached hydrogens (tertiary/aromatic N) is 5. The molecule has 198 valence electrons. The highest BCUT2D eigenvalue weighted by Crippen LogP contribution is 2.31. The van der Waals surface area contributed by atoms with E-state index < -0.39 is 35.3 Å². The summed E-state index contributed by atoms with van der Waals surface area (Å²) in [6.45, 7) is 1.24. The summed E-state index contributed by atoms with van der Waals surface area (Å²) in [5.74, 6) is -1.83. The third-order valence-corrected chi connectivity index (χ3v) is 7.59. The summed E-state index contributed by atoms with van der Waals surface area (Å²) in [5, 5.41) is 5.68. The van der Waals surface area contributed by atoms with E-state index in [4.69, 9.17) is 4.74 Å². The van der Waals surface area contributed by atoms with Gasteiger partial charge in [0.1, 0.15) is 21.4 Å². The lowest BCUT2D eigenvalue weighted by atomic mass is 10.1. The van der Waals surface area contributed by atoms with E-state index in [1.807, 2.05) is 0 Å². The number of halogens is 1. The van der Waals surface area contributed by atoms with Gasteiger partial charge < -0.3 is 4.74 Å². The minimum atomic E-state index is -0.934. The van der Waals surface area contributed by atoms with Gasteiger partial charge in [-0.3, -0.25) is 19.0 Å². The van der Waals surface area contributed by atoms with Gasteiger partial charge in [0.15, 0.2) is 5.78 Å². The maximum atomic E-state index is 14.4. The van der Waals surface area contributed by atoms with Crippen LogP contribution in [0, 0.1) is 12.7 Å². The monoisotopic (exact) mass is 547 g/mol. The van der Waals surface area contributed by atoms with E-state index in [0.29, 0.717) is 21.0 Å². The largest absolute Gasteiger partial charge is 0.496 e. The van der Waals surface area contributed by atoms with Gasteiger partial charge in [0, 0.05) is 25.0 Å². The van der Waals surface area contributed by atoms with Crippen LogP contribution in [0.1, 0.15) is 26.3 Å². The number of aryl methyl sites for hydroxylation is 1. The fourth-order valence-electron chi connectivity index (χ4n) is 4.34. The molecule has 2 aromatic carbocycles. The molecule has 3 aromatic heterocycles. The molecule has 39 heavy (non-hydrogen) atoms. The standard InChI is InChI=1S/C27H22FN5O5S/c1-16-22-24(36)33(30(2)23(35)17-9-4-6-11-19(17)28)27(37)31(26(22)39-25(16)32-14-8-13-29-32)15-20(34)18-10-5-7-12-21(18)38-3/h4-14H,15H2,1-3H3. The summed E-state index contributed by atoms with van der Waals surface area (Å²) in [4.78, 5) is 54.4. The number of carbonyl (C=O) groups is 2. The third-order valence-electron chi connectivity index (χ3n) is 6.29. The van der Waals surface area contributed by atoms with Crippen molar-refractivity contribution in [3.05, 3.63) is 110 Å². The van der Waals surface area contributed by atoms with Gasteiger partial charge in [0.2, 0.25) is 0 Å². The number of fused-ring (bicyclic) bond motifs is 1. The Morgan fingerprint density at radius 3 is 2.41 bits per heavy atom. The molecule has 1 amide bonds. The van der Waals surface area contributed by atoms with E-state index in [9.17, 15) is 23.6 Å². The zero-order valence-corrected chi connectivity index (χ0v) is 21.9. The summed E-state index contributed by atoms with van der Waals surface area (Å²) in [7, 11) is 2.63. The van der Waals surface area contributed by atoms with Gasteiger partial charge in [0.05, 0.1) is 30.2 Å². The number of benzene rings is 2. The van der Waals surface area contributed by atoms with E-state index in [-0.39, 0.29) is 21.3 Å². The van der Waals surface area contributed by atoms with E-state index in [0.717, 1.165) is 27.0 Å². The number of methoxy groups -OCH3 is 1. The van der Waals surface area contributed by atoms with Crippen molar-refractivity contribution in [2.45, 2.75) is 13.5 Å². The molecular formula is C27H22FN5O5S. The summed E-state index contributed by atoms with van der Waals surface area (Å²) >= 11 is 1.11. The first-order chi connectivity index (χ1) is 18.7. The second-order valence-electron chi connectivity index (χ2n) is 8.58. The zero-order chi connectivity index (χ0) is 27.8. The fourth-order valence-corrected chi connectivity index (χ4v) is 5.57. The molecule has 0 aliphatic heterocycles. The molecule has 0 radical (unpaired) electrons. The predicted molar refractivity (Wildman–Crippen MR) is 144 cm³/mol. The molecule has 5 rings (SSSR count). The first kappa shape index (κ1) is 25.8. The number of ketones is 1. The zero-order valence-electron chi connectivity index (χ0n) is 21.1. The molecule has 5 aromatic rings. The Hall–Kier alpha value is -4.84. The summed E-state index contributed by atoms with van der Waals surface area (Å²) in [6.07, 6.45) is 3.26. The molecule has 0 aliphatic carbocycles. The number of rotatable bonds is 7. The van der Waals surface area contributed by atoms with E-state index in [1.54, 1.807) is 54.3 Å². The van der Waals surface area contributed by atoms with Gasteiger partial charge in [-0.25, -0.2) is 18.9 Å². The average Bonchev–Trinajstić information content (AvgIpc) is 3.59. The maximum absolute atomic E-state index is 14.4. The number of ether oxygens (including phenoxy) is 1. The van der Waals surface area contributed by atoms with Crippen molar-refractivity contribution in [3.8, 4) is 10.8 Å². The Kier molecular flexibility index (Phi) is 6.71. The lowest BCUT2D eigenvalue weighted by molar-refractivity contribution is 0.0960. The molecule has 0 aliphatic rings. The predicted octanol–water partition coefficient (Wildman–Crippen LogP) is 3.16. The van der Waals surface area contributed by atoms with Crippen LogP contribution in [0.4, 0.5) is 4.39 Å². The van der Waals surface area contributed by atoms with Gasteiger partial charge in [-0.05, 0) is 37.3 Å². The number of thiophene rings is 1. The molecule has 0 fully saturated rings. The van der Waals surface area contributed by atoms with E-state index in [1.165, 1.54) is 32.4 Å². The highest BCUT2D eigenvalue weighted by atomic mass is 32.1. The second kappa shape index (κ2) is 10.1. The van der Waals surface area contributed by atoms with Gasteiger partial charge in [-0.15, -0.1) is 0 Å². The van der Waals surface area contributed by atoms with Crippen molar-refractivity contribution in [2.75, 3.05) is 19.2 Å². The molecular weight excluding hydrogens is 525 g/mol. The number of Topliss-reactive ketones (excluding diaryl/α,β-unsaturated/α-hetero) is 1. The molecule has 3 heterocycles. The Morgan fingerprint density at radius 1 is 1.05 bits per heavy atom. The van der Waals surface area contributed by atoms with E-state index in [2.05, 4.69) is 5.10 Å². The van der Waals surface area contributed by atoms with Crippen molar-refractivity contribution < 1.29 is 18.7 Å². The quantitative estimate of drug-likeness (QED) is 0.290. The lowest BCUT2D eigenvalue weighted by Gasteiger charge is -2.21. The van der Waals surface area contributed by atoms with Gasteiger partial charge in [-0.1, -0.05) is 35.6 Å². The van der Waals surface area contributed by atoms with Crippen LogP contribution in [0.3, 0.4) is 0 Å². The van der Waals surface area contributed by atoms with Crippen LogP contribution in [0.2, 0.25) is 0 Å². The van der Waals surface area contributed by atoms with Crippen molar-refractivity contribution in [1.29, 1.82) is 0 Å². The Balaban J connectivity index is 1.75. The molecule has 0 unspecified atom stereocenters.